The van der Waals surface area contributed by atoms with Crippen molar-refractivity contribution in [1.82, 2.24) is 9.78 Å². The van der Waals surface area contributed by atoms with Crippen molar-refractivity contribution in [1.29, 1.82) is 5.26 Å². The molecule has 1 heterocycles. The van der Waals surface area contributed by atoms with Crippen LogP contribution in [0.2, 0.25) is 0 Å². The Hall–Kier alpha value is -2.23. The molecule has 7 nitrogen and oxygen atoms in total. The Morgan fingerprint density at radius 1 is 1.71 bits per heavy atom. The highest BCUT2D eigenvalue weighted by molar-refractivity contribution is 5.99. The van der Waals surface area contributed by atoms with Crippen LogP contribution in [-0.4, -0.2) is 29.4 Å². The first-order chi connectivity index (χ1) is 8.15. The minimum atomic E-state index is -0.540. The Morgan fingerprint density at radius 2 is 2.41 bits per heavy atom. The number of hydrogen-bond donors (Lipinski definition) is 2. The number of nitrogens with one attached hydrogen (secondary N) is 1. The Balaban J connectivity index is 3.11. The summed E-state index contributed by atoms with van der Waals surface area (Å²) >= 11 is 0. The number of esters is 1. The van der Waals surface area contributed by atoms with Gasteiger partial charge in [0.2, 0.25) is 0 Å². The molecule has 17 heavy (non-hydrogen) atoms. The van der Waals surface area contributed by atoms with Crippen molar-refractivity contribution < 1.29 is 9.53 Å². The average Bonchev–Trinajstić information content (AvgIpc) is 2.63. The largest absolute Gasteiger partial charge is 0.465 e. The van der Waals surface area contributed by atoms with Gasteiger partial charge in [-0.05, 0) is 6.92 Å². The highest BCUT2D eigenvalue weighted by atomic mass is 16.5. The number of aromatic nitrogens is 2. The Kier molecular flexibility index (Phi) is 4.34. The molecule has 0 atom stereocenters. The van der Waals surface area contributed by atoms with E-state index in [9.17, 15) is 4.79 Å². The van der Waals surface area contributed by atoms with E-state index in [1.54, 1.807) is 0 Å². The Labute approximate surface area is 99.2 Å². The lowest BCUT2D eigenvalue weighted by atomic mass is 10.3. The molecule has 1 aromatic heterocycles. The standard InChI is InChI=1S/C10H15N5O2/c1-3-13-9-7(10(16)17-2)8(12)15(14-9)6-4-5-11/h3-4,6,12H2,1-2H3,(H,13,14). The van der Waals surface area contributed by atoms with Crippen LogP contribution in [0.3, 0.4) is 0 Å². The number of aryl methyl sites for hydroxylation is 1. The molecule has 0 aliphatic rings. The van der Waals surface area contributed by atoms with Crippen LogP contribution in [0.25, 0.3) is 0 Å². The summed E-state index contributed by atoms with van der Waals surface area (Å²) in [5.74, 6) is 0.0551. The Bertz CT molecular complexity index is 446. The summed E-state index contributed by atoms with van der Waals surface area (Å²) in [6.07, 6.45) is 0.276. The van der Waals surface area contributed by atoms with Crippen LogP contribution in [-0.2, 0) is 11.3 Å². The first-order valence-corrected chi connectivity index (χ1v) is 5.21. The molecule has 0 fully saturated rings. The van der Waals surface area contributed by atoms with E-state index in [0.717, 1.165) is 0 Å². The van der Waals surface area contributed by atoms with Crippen LogP contribution < -0.4 is 11.1 Å². The van der Waals surface area contributed by atoms with Gasteiger partial charge in [-0.15, -0.1) is 0 Å². The van der Waals surface area contributed by atoms with Crippen LogP contribution in [0.1, 0.15) is 23.7 Å². The first-order valence-electron chi connectivity index (χ1n) is 5.21. The highest BCUT2D eigenvalue weighted by Crippen LogP contribution is 2.22. The molecule has 0 unspecified atom stereocenters. The summed E-state index contributed by atoms with van der Waals surface area (Å²) in [6.45, 7) is 2.84. The van der Waals surface area contributed by atoms with Crippen molar-refractivity contribution in [2.75, 3.05) is 24.7 Å². The van der Waals surface area contributed by atoms with E-state index in [4.69, 9.17) is 11.0 Å². The number of nitrogens with two attached hydrogens (primary N) is 1. The molecule has 0 saturated heterocycles. The number of hydrogen-bond acceptors (Lipinski definition) is 6. The molecular formula is C10H15N5O2. The molecule has 0 radical (unpaired) electrons. The molecule has 0 bridgehead atoms. The maximum atomic E-state index is 11.6. The van der Waals surface area contributed by atoms with Gasteiger partial charge < -0.3 is 15.8 Å². The number of nitrogen functional groups attached to an aromatic ring is 1. The number of methoxy groups -OCH3 is 1. The zero-order chi connectivity index (χ0) is 12.8. The van der Waals surface area contributed by atoms with Gasteiger partial charge in [-0.2, -0.15) is 10.4 Å². The normalized spacial score (nSPS) is 9.71. The van der Waals surface area contributed by atoms with E-state index >= 15 is 0 Å². The van der Waals surface area contributed by atoms with Crippen LogP contribution in [0.15, 0.2) is 0 Å². The fraction of sp³-hybridized carbons (Fsp3) is 0.500. The molecular weight excluding hydrogens is 222 g/mol. The Morgan fingerprint density at radius 3 is 2.94 bits per heavy atom. The molecule has 1 rings (SSSR count). The molecule has 3 N–H and O–H groups in total. The predicted octanol–water partition coefficient (Wildman–Crippen LogP) is 0.597. The quantitative estimate of drug-likeness (QED) is 0.726. The third-order valence-corrected chi connectivity index (χ3v) is 2.16. The second kappa shape index (κ2) is 5.75. The van der Waals surface area contributed by atoms with Gasteiger partial charge in [0.15, 0.2) is 5.82 Å². The summed E-state index contributed by atoms with van der Waals surface area (Å²) in [4.78, 5) is 11.6. The molecule has 0 amide bonds. The molecule has 0 spiro atoms. The second-order valence-electron chi connectivity index (χ2n) is 3.26. The van der Waals surface area contributed by atoms with Crippen LogP contribution in [0, 0.1) is 11.3 Å². The van der Waals surface area contributed by atoms with E-state index in [1.165, 1.54) is 11.8 Å². The third kappa shape index (κ3) is 2.66. The zero-order valence-electron chi connectivity index (χ0n) is 9.86. The van der Waals surface area contributed by atoms with E-state index in [2.05, 4.69) is 15.2 Å². The minimum Gasteiger partial charge on any atom is -0.465 e. The number of ether oxygens (including phenoxy) is 1. The van der Waals surface area contributed by atoms with Gasteiger partial charge in [-0.3, -0.25) is 0 Å². The monoisotopic (exact) mass is 237 g/mol. The summed E-state index contributed by atoms with van der Waals surface area (Å²) in [5, 5.41) is 15.6. The third-order valence-electron chi connectivity index (χ3n) is 2.16. The van der Waals surface area contributed by atoms with Gasteiger partial charge in [0.05, 0.1) is 26.1 Å². The van der Waals surface area contributed by atoms with Gasteiger partial charge in [0.25, 0.3) is 0 Å². The van der Waals surface area contributed by atoms with Crippen molar-refractivity contribution >= 4 is 17.6 Å². The van der Waals surface area contributed by atoms with Crippen molar-refractivity contribution in [3.63, 3.8) is 0 Å². The topological polar surface area (TPSA) is 106 Å². The summed E-state index contributed by atoms with van der Waals surface area (Å²) in [7, 11) is 1.28. The number of nitriles is 1. The second-order valence-corrected chi connectivity index (χ2v) is 3.26. The molecule has 0 saturated carbocycles. The lowest BCUT2D eigenvalue weighted by molar-refractivity contribution is 0.0603. The van der Waals surface area contributed by atoms with E-state index in [0.29, 0.717) is 18.9 Å². The minimum absolute atomic E-state index is 0.211. The smallest absolute Gasteiger partial charge is 0.345 e. The van der Waals surface area contributed by atoms with Gasteiger partial charge in [0.1, 0.15) is 11.4 Å². The maximum absolute atomic E-state index is 11.6. The highest BCUT2D eigenvalue weighted by Gasteiger charge is 2.22. The molecule has 1 aromatic rings. The molecule has 0 aliphatic heterocycles. The zero-order valence-corrected chi connectivity index (χ0v) is 9.86. The fourth-order valence-corrected chi connectivity index (χ4v) is 1.40. The fourth-order valence-electron chi connectivity index (χ4n) is 1.40. The number of carbonyl (C=O) groups excluding carboxylic acids is 1. The van der Waals surface area contributed by atoms with E-state index < -0.39 is 5.97 Å². The van der Waals surface area contributed by atoms with Crippen molar-refractivity contribution in [3.05, 3.63) is 5.56 Å². The maximum Gasteiger partial charge on any atom is 0.345 e. The van der Waals surface area contributed by atoms with Crippen LogP contribution >= 0.6 is 0 Å². The number of carbonyl (C=O) groups is 1. The van der Waals surface area contributed by atoms with Crippen LogP contribution in [0.5, 0.6) is 0 Å². The lowest BCUT2D eigenvalue weighted by Crippen LogP contribution is -2.09. The summed E-state index contributed by atoms with van der Waals surface area (Å²) in [6, 6.07) is 1.99. The van der Waals surface area contributed by atoms with E-state index in [1.807, 2.05) is 13.0 Å². The van der Waals surface area contributed by atoms with Gasteiger partial charge in [-0.1, -0.05) is 0 Å². The predicted molar refractivity (Wildman–Crippen MR) is 62.4 cm³/mol. The lowest BCUT2D eigenvalue weighted by Gasteiger charge is -2.02. The van der Waals surface area contributed by atoms with Gasteiger partial charge in [-0.25, -0.2) is 9.48 Å². The molecule has 0 aliphatic carbocycles. The van der Waals surface area contributed by atoms with Crippen molar-refractivity contribution in [3.8, 4) is 6.07 Å². The molecule has 92 valence electrons. The number of nitrogens with zero attached hydrogens (tertiary/aromatic N) is 3. The number of anilines is 2. The van der Waals surface area contributed by atoms with Crippen LogP contribution in [0.4, 0.5) is 11.6 Å². The van der Waals surface area contributed by atoms with Gasteiger partial charge >= 0.3 is 5.97 Å². The first kappa shape index (κ1) is 12.8. The molecule has 7 heteroatoms. The van der Waals surface area contributed by atoms with Crippen molar-refractivity contribution in [2.24, 2.45) is 0 Å². The van der Waals surface area contributed by atoms with Gasteiger partial charge in [0, 0.05) is 6.54 Å². The number of rotatable bonds is 5. The van der Waals surface area contributed by atoms with E-state index in [-0.39, 0.29) is 17.8 Å². The SMILES string of the molecule is CCNc1nn(CCC#N)c(N)c1C(=O)OC. The summed E-state index contributed by atoms with van der Waals surface area (Å²) < 4.78 is 6.07. The molecule has 0 aromatic carbocycles. The van der Waals surface area contributed by atoms with Crippen molar-refractivity contribution in [2.45, 2.75) is 19.9 Å². The average molecular weight is 237 g/mol. The summed E-state index contributed by atoms with van der Waals surface area (Å²) in [5.41, 5.74) is 6.02.